The smallest absolute Gasteiger partial charge is 0.0882 e. The zero-order valence-electron chi connectivity index (χ0n) is 11.0. The van der Waals surface area contributed by atoms with Gasteiger partial charge in [0.1, 0.15) is 0 Å². The summed E-state index contributed by atoms with van der Waals surface area (Å²) in [7, 11) is 0. The molecule has 0 spiro atoms. The third-order valence-corrected chi connectivity index (χ3v) is 4.94. The standard InChI is InChI=1S/C14H23NO2/c1-3-12(2)10-14(16,8-9-17-12)13(11-15)6-4-5-7-13/h16H,3-10H2,1-2H3. The molecule has 1 aliphatic carbocycles. The summed E-state index contributed by atoms with van der Waals surface area (Å²) in [5, 5.41) is 20.5. The number of nitriles is 1. The first-order valence-corrected chi connectivity index (χ1v) is 6.77. The molecule has 3 heteroatoms. The second-order valence-electron chi connectivity index (χ2n) is 6.01. The maximum Gasteiger partial charge on any atom is 0.0882 e. The van der Waals surface area contributed by atoms with Crippen molar-refractivity contribution in [3.8, 4) is 6.07 Å². The van der Waals surface area contributed by atoms with Gasteiger partial charge in [-0.2, -0.15) is 5.26 Å². The predicted octanol–water partition coefficient (Wildman–Crippen LogP) is 2.78. The Kier molecular flexibility index (Phi) is 3.22. The van der Waals surface area contributed by atoms with Gasteiger partial charge in [-0.3, -0.25) is 0 Å². The van der Waals surface area contributed by atoms with Gasteiger partial charge in [0, 0.05) is 12.8 Å². The molecule has 0 aromatic heterocycles. The molecule has 2 rings (SSSR count). The normalized spacial score (nSPS) is 41.1. The van der Waals surface area contributed by atoms with Crippen molar-refractivity contribution in [3.05, 3.63) is 0 Å². The van der Waals surface area contributed by atoms with Gasteiger partial charge < -0.3 is 9.84 Å². The number of ether oxygens (including phenoxy) is 1. The molecule has 1 N–H and O–H groups in total. The third-order valence-electron chi connectivity index (χ3n) is 4.94. The summed E-state index contributed by atoms with van der Waals surface area (Å²) in [5.41, 5.74) is -1.63. The van der Waals surface area contributed by atoms with Crippen LogP contribution in [0.25, 0.3) is 0 Å². The number of rotatable bonds is 2. The van der Waals surface area contributed by atoms with Gasteiger partial charge in [-0.1, -0.05) is 19.8 Å². The van der Waals surface area contributed by atoms with E-state index in [1.807, 2.05) is 0 Å². The van der Waals surface area contributed by atoms with E-state index < -0.39 is 11.0 Å². The van der Waals surface area contributed by atoms with E-state index in [2.05, 4.69) is 19.9 Å². The van der Waals surface area contributed by atoms with Gasteiger partial charge in [0.25, 0.3) is 0 Å². The Morgan fingerprint density at radius 2 is 1.94 bits per heavy atom. The fourth-order valence-corrected chi connectivity index (χ4v) is 3.52. The van der Waals surface area contributed by atoms with E-state index in [-0.39, 0.29) is 5.60 Å². The Hall–Kier alpha value is -0.590. The molecular weight excluding hydrogens is 214 g/mol. The van der Waals surface area contributed by atoms with Crippen molar-refractivity contribution in [2.75, 3.05) is 6.61 Å². The second kappa shape index (κ2) is 4.26. The monoisotopic (exact) mass is 237 g/mol. The minimum atomic E-state index is -0.846. The van der Waals surface area contributed by atoms with Crippen LogP contribution >= 0.6 is 0 Å². The number of hydrogen-bond acceptors (Lipinski definition) is 3. The highest BCUT2D eigenvalue weighted by molar-refractivity contribution is 5.16. The summed E-state index contributed by atoms with van der Waals surface area (Å²) in [4.78, 5) is 0. The van der Waals surface area contributed by atoms with Gasteiger partial charge in [0.2, 0.25) is 0 Å². The Morgan fingerprint density at radius 1 is 1.29 bits per heavy atom. The van der Waals surface area contributed by atoms with E-state index in [0.29, 0.717) is 19.4 Å². The first-order valence-electron chi connectivity index (χ1n) is 6.77. The molecule has 17 heavy (non-hydrogen) atoms. The van der Waals surface area contributed by atoms with Crippen LogP contribution in [-0.2, 0) is 4.74 Å². The lowest BCUT2D eigenvalue weighted by atomic mass is 9.64. The molecule has 0 aromatic carbocycles. The average molecular weight is 237 g/mol. The molecule has 3 nitrogen and oxygen atoms in total. The van der Waals surface area contributed by atoms with E-state index in [9.17, 15) is 10.4 Å². The zero-order valence-corrected chi connectivity index (χ0v) is 11.0. The quantitative estimate of drug-likeness (QED) is 0.803. The van der Waals surface area contributed by atoms with E-state index in [0.717, 1.165) is 32.1 Å². The van der Waals surface area contributed by atoms with Gasteiger partial charge in [-0.25, -0.2) is 0 Å². The molecule has 0 amide bonds. The molecule has 2 atom stereocenters. The van der Waals surface area contributed by atoms with Gasteiger partial charge in [-0.05, 0) is 26.2 Å². The zero-order chi connectivity index (χ0) is 12.6. The van der Waals surface area contributed by atoms with Gasteiger partial charge in [0.15, 0.2) is 0 Å². The van der Waals surface area contributed by atoms with E-state index in [1.165, 1.54) is 0 Å². The van der Waals surface area contributed by atoms with Crippen molar-refractivity contribution in [1.82, 2.24) is 0 Å². The molecule has 96 valence electrons. The van der Waals surface area contributed by atoms with Crippen LogP contribution in [0.1, 0.15) is 58.8 Å². The highest BCUT2D eigenvalue weighted by Gasteiger charge is 2.56. The van der Waals surface area contributed by atoms with Crippen LogP contribution in [-0.4, -0.2) is 22.9 Å². The Labute approximate surface area is 104 Å². The molecule has 0 radical (unpaired) electrons. The lowest BCUT2D eigenvalue weighted by Crippen LogP contribution is -2.55. The largest absolute Gasteiger partial charge is 0.388 e. The minimum Gasteiger partial charge on any atom is -0.388 e. The molecule has 0 bridgehead atoms. The van der Waals surface area contributed by atoms with Crippen molar-refractivity contribution in [1.29, 1.82) is 5.26 Å². The van der Waals surface area contributed by atoms with Crippen LogP contribution in [0.2, 0.25) is 0 Å². The third kappa shape index (κ3) is 1.98. The van der Waals surface area contributed by atoms with Crippen molar-refractivity contribution in [2.24, 2.45) is 5.41 Å². The number of aliphatic hydroxyl groups is 1. The van der Waals surface area contributed by atoms with Crippen LogP contribution < -0.4 is 0 Å². The molecule has 2 aliphatic rings. The van der Waals surface area contributed by atoms with Crippen LogP contribution in [0.4, 0.5) is 0 Å². The molecule has 1 saturated carbocycles. The van der Waals surface area contributed by atoms with Gasteiger partial charge in [-0.15, -0.1) is 0 Å². The first kappa shape index (κ1) is 12.9. The highest BCUT2D eigenvalue weighted by atomic mass is 16.5. The first-order chi connectivity index (χ1) is 7.99. The van der Waals surface area contributed by atoms with Crippen molar-refractivity contribution < 1.29 is 9.84 Å². The van der Waals surface area contributed by atoms with Crippen molar-refractivity contribution in [3.63, 3.8) is 0 Å². The van der Waals surface area contributed by atoms with Crippen molar-refractivity contribution in [2.45, 2.75) is 70.0 Å². The van der Waals surface area contributed by atoms with Crippen LogP contribution in [0.3, 0.4) is 0 Å². The highest BCUT2D eigenvalue weighted by Crippen LogP contribution is 2.52. The number of nitrogens with zero attached hydrogens (tertiary/aromatic N) is 1. The van der Waals surface area contributed by atoms with E-state index in [1.54, 1.807) is 0 Å². The molecular formula is C14H23NO2. The second-order valence-corrected chi connectivity index (χ2v) is 6.01. The summed E-state index contributed by atoms with van der Waals surface area (Å²) < 4.78 is 5.79. The molecule has 1 saturated heterocycles. The van der Waals surface area contributed by atoms with Crippen LogP contribution in [0.5, 0.6) is 0 Å². The Morgan fingerprint density at radius 3 is 2.47 bits per heavy atom. The number of hydrogen-bond donors (Lipinski definition) is 1. The molecule has 1 heterocycles. The molecule has 2 fully saturated rings. The molecule has 2 unspecified atom stereocenters. The van der Waals surface area contributed by atoms with E-state index >= 15 is 0 Å². The fourth-order valence-electron chi connectivity index (χ4n) is 3.52. The summed E-state index contributed by atoms with van der Waals surface area (Å²) in [6, 6.07) is 2.44. The summed E-state index contributed by atoms with van der Waals surface area (Å²) in [5.74, 6) is 0. The fraction of sp³-hybridized carbons (Fsp3) is 0.929. The maximum atomic E-state index is 11.0. The molecule has 1 aliphatic heterocycles. The van der Waals surface area contributed by atoms with Crippen LogP contribution in [0, 0.1) is 16.7 Å². The van der Waals surface area contributed by atoms with Gasteiger partial charge in [0.05, 0.1) is 29.3 Å². The van der Waals surface area contributed by atoms with Crippen LogP contribution in [0.15, 0.2) is 0 Å². The average Bonchev–Trinajstić information content (AvgIpc) is 2.79. The summed E-state index contributed by atoms with van der Waals surface area (Å²) >= 11 is 0. The lowest BCUT2D eigenvalue weighted by molar-refractivity contribution is -0.188. The SMILES string of the molecule is CCC1(C)CC(O)(C2(C#N)CCCC2)CCO1. The topological polar surface area (TPSA) is 53.2 Å². The lowest BCUT2D eigenvalue weighted by Gasteiger charge is -2.49. The predicted molar refractivity (Wildman–Crippen MR) is 65.3 cm³/mol. The minimum absolute atomic E-state index is 0.264. The maximum absolute atomic E-state index is 11.0. The summed E-state index contributed by atoms with van der Waals surface area (Å²) in [6.45, 7) is 4.71. The van der Waals surface area contributed by atoms with Crippen molar-refractivity contribution >= 4 is 0 Å². The molecule has 0 aromatic rings. The summed E-state index contributed by atoms with van der Waals surface area (Å²) in [6.07, 6.45) is 5.93. The Bertz CT molecular complexity index is 330. The van der Waals surface area contributed by atoms with E-state index in [4.69, 9.17) is 4.74 Å². The van der Waals surface area contributed by atoms with Gasteiger partial charge >= 0.3 is 0 Å². The Balaban J connectivity index is 2.26.